The van der Waals surface area contributed by atoms with Gasteiger partial charge in [0.25, 0.3) is 0 Å². The van der Waals surface area contributed by atoms with Gasteiger partial charge in [-0.3, -0.25) is 0 Å². The van der Waals surface area contributed by atoms with Gasteiger partial charge in [-0.05, 0) is 36.8 Å². The topological polar surface area (TPSA) is 35.2 Å². The van der Waals surface area contributed by atoms with Crippen LogP contribution in [0.4, 0.5) is 18.9 Å². The first-order chi connectivity index (χ1) is 9.36. The number of nitrogens with two attached hydrogens (primary N) is 1. The number of anilines is 1. The maximum Gasteiger partial charge on any atom is 0.416 e. The van der Waals surface area contributed by atoms with Crippen molar-refractivity contribution in [2.24, 2.45) is 0 Å². The van der Waals surface area contributed by atoms with Crippen molar-refractivity contribution in [3.63, 3.8) is 0 Å². The Morgan fingerprint density at radius 2 is 1.85 bits per heavy atom. The molecule has 20 heavy (non-hydrogen) atoms. The van der Waals surface area contributed by atoms with Crippen molar-refractivity contribution in [3.05, 3.63) is 59.2 Å². The zero-order valence-electron chi connectivity index (χ0n) is 10.9. The van der Waals surface area contributed by atoms with Gasteiger partial charge < -0.3 is 10.5 Å². The van der Waals surface area contributed by atoms with E-state index in [1.165, 1.54) is 6.07 Å². The van der Waals surface area contributed by atoms with E-state index in [2.05, 4.69) is 0 Å². The number of alkyl halides is 3. The Balaban J connectivity index is 2.11. The van der Waals surface area contributed by atoms with E-state index in [4.69, 9.17) is 10.5 Å². The van der Waals surface area contributed by atoms with E-state index >= 15 is 0 Å². The standard InChI is InChI=1S/C15H14F3NO/c1-10-3-2-4-13(7-10)20-9-11-5-6-12(8-14(11)19)15(16,17)18/h2-8H,9,19H2,1H3. The molecule has 0 atom stereocenters. The second kappa shape index (κ2) is 5.45. The molecule has 0 amide bonds. The molecule has 0 radical (unpaired) electrons. The van der Waals surface area contributed by atoms with Crippen LogP contribution in [-0.2, 0) is 12.8 Å². The highest BCUT2D eigenvalue weighted by Crippen LogP contribution is 2.31. The molecule has 5 heteroatoms. The zero-order chi connectivity index (χ0) is 14.8. The van der Waals surface area contributed by atoms with E-state index in [1.54, 1.807) is 6.07 Å². The number of hydrogen-bond acceptors (Lipinski definition) is 2. The average molecular weight is 281 g/mol. The Kier molecular flexibility index (Phi) is 3.88. The molecule has 0 saturated heterocycles. The molecule has 0 aliphatic rings. The third-order valence-electron chi connectivity index (χ3n) is 2.86. The molecule has 2 aromatic rings. The van der Waals surface area contributed by atoms with Crippen LogP contribution in [0.25, 0.3) is 0 Å². The van der Waals surface area contributed by atoms with E-state index in [0.717, 1.165) is 17.7 Å². The SMILES string of the molecule is Cc1cccc(OCc2ccc(C(F)(F)F)cc2N)c1. The third-order valence-corrected chi connectivity index (χ3v) is 2.86. The summed E-state index contributed by atoms with van der Waals surface area (Å²) in [5.74, 6) is 0.657. The maximum absolute atomic E-state index is 12.5. The molecule has 0 spiro atoms. The van der Waals surface area contributed by atoms with Gasteiger partial charge in [0.1, 0.15) is 12.4 Å². The van der Waals surface area contributed by atoms with Gasteiger partial charge >= 0.3 is 6.18 Å². The Bertz CT molecular complexity index is 608. The quantitative estimate of drug-likeness (QED) is 0.857. The number of nitrogen functional groups attached to an aromatic ring is 1. The first-order valence-corrected chi connectivity index (χ1v) is 6.01. The lowest BCUT2D eigenvalue weighted by atomic mass is 10.1. The number of aryl methyl sites for hydroxylation is 1. The van der Waals surface area contributed by atoms with Crippen LogP contribution < -0.4 is 10.5 Å². The molecule has 106 valence electrons. The van der Waals surface area contributed by atoms with Crippen molar-refractivity contribution >= 4 is 5.69 Å². The highest BCUT2D eigenvalue weighted by molar-refractivity contribution is 5.49. The molecular formula is C15H14F3NO. The normalized spacial score (nSPS) is 11.4. The summed E-state index contributed by atoms with van der Waals surface area (Å²) < 4.78 is 43.0. The monoisotopic (exact) mass is 281 g/mol. The molecule has 0 aliphatic carbocycles. The molecule has 2 rings (SSSR count). The lowest BCUT2D eigenvalue weighted by Gasteiger charge is -2.12. The summed E-state index contributed by atoms with van der Waals surface area (Å²) in [6.07, 6.45) is -4.38. The van der Waals surface area contributed by atoms with Gasteiger partial charge in [-0.2, -0.15) is 13.2 Å². The second-order valence-electron chi connectivity index (χ2n) is 4.52. The molecule has 0 fully saturated rings. The van der Waals surface area contributed by atoms with Crippen molar-refractivity contribution in [3.8, 4) is 5.75 Å². The highest BCUT2D eigenvalue weighted by Gasteiger charge is 2.30. The number of benzene rings is 2. The van der Waals surface area contributed by atoms with E-state index in [0.29, 0.717) is 11.3 Å². The Labute approximate surface area is 115 Å². The maximum atomic E-state index is 12.5. The summed E-state index contributed by atoms with van der Waals surface area (Å²) in [6.45, 7) is 2.06. The predicted molar refractivity (Wildman–Crippen MR) is 71.4 cm³/mol. The first-order valence-electron chi connectivity index (χ1n) is 6.01. The molecule has 0 bridgehead atoms. The number of halogens is 3. The van der Waals surface area contributed by atoms with E-state index in [-0.39, 0.29) is 12.3 Å². The minimum absolute atomic E-state index is 0.0764. The highest BCUT2D eigenvalue weighted by atomic mass is 19.4. The van der Waals surface area contributed by atoms with Crippen molar-refractivity contribution < 1.29 is 17.9 Å². The predicted octanol–water partition coefficient (Wildman–Crippen LogP) is 4.18. The molecule has 0 unspecified atom stereocenters. The fraction of sp³-hybridized carbons (Fsp3) is 0.200. The number of rotatable bonds is 3. The summed E-state index contributed by atoms with van der Waals surface area (Å²) >= 11 is 0. The Hall–Kier alpha value is -2.17. The van der Waals surface area contributed by atoms with Gasteiger partial charge in [0.2, 0.25) is 0 Å². The fourth-order valence-electron chi connectivity index (χ4n) is 1.77. The van der Waals surface area contributed by atoms with Crippen molar-refractivity contribution in [2.75, 3.05) is 5.73 Å². The van der Waals surface area contributed by atoms with Crippen LogP contribution in [0, 0.1) is 6.92 Å². The van der Waals surface area contributed by atoms with Crippen molar-refractivity contribution in [1.82, 2.24) is 0 Å². The zero-order valence-corrected chi connectivity index (χ0v) is 10.9. The van der Waals surface area contributed by atoms with Gasteiger partial charge in [-0.1, -0.05) is 18.2 Å². The largest absolute Gasteiger partial charge is 0.489 e. The summed E-state index contributed by atoms with van der Waals surface area (Å²) in [4.78, 5) is 0. The minimum atomic E-state index is -4.38. The Morgan fingerprint density at radius 3 is 2.45 bits per heavy atom. The third kappa shape index (κ3) is 3.44. The molecule has 0 aromatic heterocycles. The van der Waals surface area contributed by atoms with Crippen LogP contribution in [0.2, 0.25) is 0 Å². The average Bonchev–Trinajstić information content (AvgIpc) is 2.36. The van der Waals surface area contributed by atoms with Crippen LogP contribution in [0.1, 0.15) is 16.7 Å². The van der Waals surface area contributed by atoms with Gasteiger partial charge in [0, 0.05) is 11.3 Å². The van der Waals surface area contributed by atoms with Gasteiger partial charge in [-0.25, -0.2) is 0 Å². The summed E-state index contributed by atoms with van der Waals surface area (Å²) in [5.41, 5.74) is 6.52. The number of hydrogen-bond donors (Lipinski definition) is 1. The smallest absolute Gasteiger partial charge is 0.416 e. The molecule has 0 aliphatic heterocycles. The molecular weight excluding hydrogens is 267 g/mol. The minimum Gasteiger partial charge on any atom is -0.489 e. The van der Waals surface area contributed by atoms with Crippen LogP contribution in [0.3, 0.4) is 0 Å². The van der Waals surface area contributed by atoms with Gasteiger partial charge in [0.05, 0.1) is 5.56 Å². The second-order valence-corrected chi connectivity index (χ2v) is 4.52. The summed E-state index contributed by atoms with van der Waals surface area (Å²) in [5, 5.41) is 0. The molecule has 2 aromatic carbocycles. The van der Waals surface area contributed by atoms with Crippen LogP contribution in [0.5, 0.6) is 5.75 Å². The molecule has 2 N–H and O–H groups in total. The lowest BCUT2D eigenvalue weighted by Crippen LogP contribution is -2.07. The molecule has 2 nitrogen and oxygen atoms in total. The summed E-state index contributed by atoms with van der Waals surface area (Å²) in [6, 6.07) is 10.7. The Morgan fingerprint density at radius 1 is 1.10 bits per heavy atom. The van der Waals surface area contributed by atoms with Crippen LogP contribution >= 0.6 is 0 Å². The van der Waals surface area contributed by atoms with Crippen LogP contribution in [0.15, 0.2) is 42.5 Å². The molecule has 0 saturated carbocycles. The van der Waals surface area contributed by atoms with Gasteiger partial charge in [-0.15, -0.1) is 0 Å². The van der Waals surface area contributed by atoms with Crippen molar-refractivity contribution in [2.45, 2.75) is 19.7 Å². The lowest BCUT2D eigenvalue weighted by molar-refractivity contribution is -0.137. The van der Waals surface area contributed by atoms with Gasteiger partial charge in [0.15, 0.2) is 0 Å². The van der Waals surface area contributed by atoms with E-state index in [9.17, 15) is 13.2 Å². The summed E-state index contributed by atoms with van der Waals surface area (Å²) in [7, 11) is 0. The molecule has 0 heterocycles. The fourth-order valence-corrected chi connectivity index (χ4v) is 1.77. The van der Waals surface area contributed by atoms with Crippen molar-refractivity contribution in [1.29, 1.82) is 0 Å². The van der Waals surface area contributed by atoms with E-state index in [1.807, 2.05) is 25.1 Å². The van der Waals surface area contributed by atoms with E-state index < -0.39 is 11.7 Å². The van der Waals surface area contributed by atoms with Crippen LogP contribution in [-0.4, -0.2) is 0 Å². The number of ether oxygens (including phenoxy) is 1. The first kappa shape index (κ1) is 14.2.